The highest BCUT2D eigenvalue weighted by molar-refractivity contribution is 5.83. The molecule has 5 nitrogen and oxygen atoms in total. The fraction of sp³-hybridized carbons (Fsp3) is 0.105. The van der Waals surface area contributed by atoms with E-state index in [1.54, 1.807) is 36.8 Å². The van der Waals surface area contributed by atoms with Crippen LogP contribution in [0, 0.1) is 25.2 Å². The SMILES string of the molecule is Cc1ccc(C)n1-c1oc(-c2ccco2)c(-c2ccco2)c1C#N. The molecule has 0 unspecified atom stereocenters. The van der Waals surface area contributed by atoms with Gasteiger partial charge in [0.2, 0.25) is 5.88 Å². The molecule has 5 heteroatoms. The van der Waals surface area contributed by atoms with Crippen molar-refractivity contribution in [3.63, 3.8) is 0 Å². The predicted molar refractivity (Wildman–Crippen MR) is 87.6 cm³/mol. The van der Waals surface area contributed by atoms with Gasteiger partial charge in [-0.3, -0.25) is 4.57 Å². The molecular weight excluding hydrogens is 304 g/mol. The summed E-state index contributed by atoms with van der Waals surface area (Å²) in [6, 6.07) is 13.4. The lowest BCUT2D eigenvalue weighted by Gasteiger charge is -2.05. The Bertz CT molecular complexity index is 1010. The van der Waals surface area contributed by atoms with Crippen LogP contribution < -0.4 is 0 Å². The molecule has 118 valence electrons. The Kier molecular flexibility index (Phi) is 3.17. The molecule has 0 saturated carbocycles. The fourth-order valence-electron chi connectivity index (χ4n) is 2.91. The average Bonchev–Trinajstić information content (AvgIpc) is 3.33. The first-order valence-electron chi connectivity index (χ1n) is 7.50. The fourth-order valence-corrected chi connectivity index (χ4v) is 2.91. The lowest BCUT2D eigenvalue weighted by atomic mass is 10.1. The van der Waals surface area contributed by atoms with E-state index >= 15 is 0 Å². The highest BCUT2D eigenvalue weighted by Gasteiger charge is 2.28. The third-order valence-corrected chi connectivity index (χ3v) is 3.99. The first-order valence-corrected chi connectivity index (χ1v) is 7.50. The quantitative estimate of drug-likeness (QED) is 0.528. The third-order valence-electron chi connectivity index (χ3n) is 3.99. The molecule has 0 N–H and O–H groups in total. The van der Waals surface area contributed by atoms with Gasteiger partial charge in [0.15, 0.2) is 11.5 Å². The molecule has 0 aliphatic heterocycles. The average molecular weight is 318 g/mol. The number of rotatable bonds is 3. The van der Waals surface area contributed by atoms with E-state index in [1.807, 2.05) is 30.5 Å². The Labute approximate surface area is 138 Å². The van der Waals surface area contributed by atoms with Gasteiger partial charge < -0.3 is 13.3 Å². The van der Waals surface area contributed by atoms with E-state index in [4.69, 9.17) is 13.3 Å². The summed E-state index contributed by atoms with van der Waals surface area (Å²) in [7, 11) is 0. The Morgan fingerprint density at radius 3 is 2.08 bits per heavy atom. The second-order valence-corrected chi connectivity index (χ2v) is 5.50. The molecule has 0 amide bonds. The van der Waals surface area contributed by atoms with E-state index in [0.29, 0.717) is 34.3 Å². The van der Waals surface area contributed by atoms with Crippen molar-refractivity contribution in [1.82, 2.24) is 4.57 Å². The van der Waals surface area contributed by atoms with Gasteiger partial charge in [0, 0.05) is 11.4 Å². The van der Waals surface area contributed by atoms with Crippen LogP contribution in [0.1, 0.15) is 17.0 Å². The molecule has 0 saturated heterocycles. The summed E-state index contributed by atoms with van der Waals surface area (Å²) in [5, 5.41) is 9.79. The predicted octanol–water partition coefficient (Wildman–Crippen LogP) is 5.08. The zero-order valence-electron chi connectivity index (χ0n) is 13.2. The van der Waals surface area contributed by atoms with Crippen LogP contribution in [0.15, 0.2) is 62.2 Å². The topological polar surface area (TPSA) is 68.1 Å². The van der Waals surface area contributed by atoms with Crippen molar-refractivity contribution >= 4 is 0 Å². The second kappa shape index (κ2) is 5.36. The number of aromatic nitrogens is 1. The molecule has 24 heavy (non-hydrogen) atoms. The monoisotopic (exact) mass is 318 g/mol. The molecule has 0 radical (unpaired) electrons. The van der Waals surface area contributed by atoms with Crippen LogP contribution in [0.4, 0.5) is 0 Å². The van der Waals surface area contributed by atoms with Gasteiger partial charge in [-0.2, -0.15) is 5.26 Å². The van der Waals surface area contributed by atoms with Gasteiger partial charge in [-0.1, -0.05) is 0 Å². The minimum absolute atomic E-state index is 0.416. The highest BCUT2D eigenvalue weighted by Crippen LogP contribution is 2.41. The van der Waals surface area contributed by atoms with Crippen molar-refractivity contribution < 1.29 is 13.3 Å². The van der Waals surface area contributed by atoms with Crippen molar-refractivity contribution in [2.24, 2.45) is 0 Å². The van der Waals surface area contributed by atoms with Crippen molar-refractivity contribution in [2.75, 3.05) is 0 Å². The number of furan rings is 3. The molecule has 0 bridgehead atoms. The van der Waals surface area contributed by atoms with E-state index in [2.05, 4.69) is 6.07 Å². The number of nitriles is 1. The Balaban J connectivity index is 2.07. The van der Waals surface area contributed by atoms with Crippen LogP contribution >= 0.6 is 0 Å². The highest BCUT2D eigenvalue weighted by atomic mass is 16.4. The summed E-state index contributed by atoms with van der Waals surface area (Å²) in [6.45, 7) is 3.94. The largest absolute Gasteiger partial charge is 0.464 e. The molecule has 0 atom stereocenters. The number of hydrogen-bond acceptors (Lipinski definition) is 4. The van der Waals surface area contributed by atoms with Gasteiger partial charge >= 0.3 is 0 Å². The van der Waals surface area contributed by atoms with E-state index in [-0.39, 0.29) is 0 Å². The first kappa shape index (κ1) is 14.2. The maximum atomic E-state index is 9.79. The van der Waals surface area contributed by atoms with Gasteiger partial charge in [-0.25, -0.2) is 0 Å². The summed E-state index contributed by atoms with van der Waals surface area (Å²) in [6.07, 6.45) is 3.14. The molecule has 0 aliphatic carbocycles. The Hall–Kier alpha value is -3.39. The van der Waals surface area contributed by atoms with Crippen molar-refractivity contribution in [3.05, 3.63) is 65.9 Å². The molecule has 4 aromatic rings. The van der Waals surface area contributed by atoms with E-state index in [9.17, 15) is 5.26 Å². The number of hydrogen-bond donors (Lipinski definition) is 0. The molecule has 4 heterocycles. The minimum atomic E-state index is 0.416. The van der Waals surface area contributed by atoms with Crippen LogP contribution in [-0.2, 0) is 0 Å². The van der Waals surface area contributed by atoms with Crippen molar-refractivity contribution in [2.45, 2.75) is 13.8 Å². The Morgan fingerprint density at radius 1 is 0.917 bits per heavy atom. The Morgan fingerprint density at radius 2 is 1.54 bits per heavy atom. The maximum absolute atomic E-state index is 9.79. The van der Waals surface area contributed by atoms with Gasteiger partial charge in [-0.05, 0) is 50.2 Å². The minimum Gasteiger partial charge on any atom is -0.464 e. The van der Waals surface area contributed by atoms with Crippen LogP contribution in [0.3, 0.4) is 0 Å². The van der Waals surface area contributed by atoms with Crippen LogP contribution in [0.5, 0.6) is 0 Å². The van der Waals surface area contributed by atoms with Crippen LogP contribution in [-0.4, -0.2) is 4.57 Å². The van der Waals surface area contributed by atoms with Crippen molar-refractivity contribution in [3.8, 4) is 34.8 Å². The lowest BCUT2D eigenvalue weighted by Crippen LogP contribution is -1.99. The molecular formula is C19H14N2O3. The normalized spacial score (nSPS) is 10.9. The van der Waals surface area contributed by atoms with Gasteiger partial charge in [-0.15, -0.1) is 0 Å². The molecule has 4 aromatic heterocycles. The maximum Gasteiger partial charge on any atom is 0.223 e. The van der Waals surface area contributed by atoms with Crippen LogP contribution in [0.2, 0.25) is 0 Å². The summed E-state index contributed by atoms with van der Waals surface area (Å²) >= 11 is 0. The van der Waals surface area contributed by atoms with Crippen molar-refractivity contribution in [1.29, 1.82) is 5.26 Å². The van der Waals surface area contributed by atoms with Crippen LogP contribution in [0.25, 0.3) is 28.7 Å². The summed E-state index contributed by atoms with van der Waals surface area (Å²) in [5.74, 6) is 2.06. The number of nitrogens with zero attached hydrogens (tertiary/aromatic N) is 2. The van der Waals surface area contributed by atoms with Gasteiger partial charge in [0.05, 0.1) is 18.1 Å². The molecule has 0 spiro atoms. The second-order valence-electron chi connectivity index (χ2n) is 5.50. The molecule has 0 aromatic carbocycles. The van der Waals surface area contributed by atoms with E-state index in [1.165, 1.54) is 0 Å². The molecule has 0 fully saturated rings. The molecule has 0 aliphatic rings. The lowest BCUT2D eigenvalue weighted by molar-refractivity contribution is 0.506. The summed E-state index contributed by atoms with van der Waals surface area (Å²) in [4.78, 5) is 0. The van der Waals surface area contributed by atoms with E-state index < -0.39 is 0 Å². The summed E-state index contributed by atoms with van der Waals surface area (Å²) < 4.78 is 19.0. The van der Waals surface area contributed by atoms with Gasteiger partial charge in [0.25, 0.3) is 0 Å². The standard InChI is InChI=1S/C19H14N2O3/c1-12-7-8-13(2)21(12)19-14(11-20)17(15-5-3-9-22-15)18(24-19)16-6-4-10-23-16/h3-10H,1-2H3. The smallest absolute Gasteiger partial charge is 0.223 e. The number of aryl methyl sites for hydroxylation is 2. The first-order chi connectivity index (χ1) is 11.7. The zero-order valence-corrected chi connectivity index (χ0v) is 13.2. The summed E-state index contributed by atoms with van der Waals surface area (Å²) in [5.41, 5.74) is 2.98. The third kappa shape index (κ3) is 2.01. The zero-order chi connectivity index (χ0) is 16.7. The molecule has 4 rings (SSSR count). The van der Waals surface area contributed by atoms with Gasteiger partial charge in [0.1, 0.15) is 17.4 Å². The van der Waals surface area contributed by atoms with E-state index in [0.717, 1.165) is 11.4 Å².